The highest BCUT2D eigenvalue weighted by Crippen LogP contribution is 2.24. The van der Waals surface area contributed by atoms with Crippen LogP contribution in [0.5, 0.6) is 0 Å². The number of rotatable bonds is 6. The number of carbonyl (C=O) groups is 1. The maximum absolute atomic E-state index is 12.1. The summed E-state index contributed by atoms with van der Waals surface area (Å²) in [6, 6.07) is 8.20. The summed E-state index contributed by atoms with van der Waals surface area (Å²) in [5, 5.41) is 11.3. The van der Waals surface area contributed by atoms with Crippen LogP contribution in [0.4, 0.5) is 0 Å². The van der Waals surface area contributed by atoms with Crippen molar-refractivity contribution in [2.45, 2.75) is 32.5 Å². The average Bonchev–Trinajstić information content (AvgIpc) is 3.36. The van der Waals surface area contributed by atoms with Gasteiger partial charge in [-0.2, -0.15) is 16.4 Å². The van der Waals surface area contributed by atoms with Gasteiger partial charge in [-0.05, 0) is 43.0 Å². The van der Waals surface area contributed by atoms with Crippen molar-refractivity contribution in [1.82, 2.24) is 20.0 Å². The Morgan fingerprint density at radius 1 is 1.38 bits per heavy atom. The van der Waals surface area contributed by atoms with Gasteiger partial charge in [-0.3, -0.25) is 14.4 Å². The SMILES string of the molecule is Cc1ccc(CN2Cc3ccnn3C(CCNC(=O)c3ccsc3)C2)o1. The lowest BCUT2D eigenvalue weighted by Crippen LogP contribution is -2.38. The minimum absolute atomic E-state index is 0.00864. The number of nitrogens with zero attached hydrogens (tertiary/aromatic N) is 3. The van der Waals surface area contributed by atoms with Gasteiger partial charge >= 0.3 is 0 Å². The highest BCUT2D eigenvalue weighted by molar-refractivity contribution is 7.08. The van der Waals surface area contributed by atoms with Crippen molar-refractivity contribution in [2.24, 2.45) is 0 Å². The third kappa shape index (κ3) is 3.73. The maximum Gasteiger partial charge on any atom is 0.252 e. The lowest BCUT2D eigenvalue weighted by atomic mass is 10.1. The van der Waals surface area contributed by atoms with Gasteiger partial charge in [0.05, 0.1) is 18.3 Å². The molecule has 3 aromatic heterocycles. The van der Waals surface area contributed by atoms with Crippen LogP contribution in [-0.4, -0.2) is 33.7 Å². The van der Waals surface area contributed by atoms with Gasteiger partial charge in [-0.15, -0.1) is 0 Å². The predicted molar refractivity (Wildman–Crippen MR) is 100 cm³/mol. The van der Waals surface area contributed by atoms with Gasteiger partial charge in [-0.1, -0.05) is 0 Å². The summed E-state index contributed by atoms with van der Waals surface area (Å²) in [7, 11) is 0. The highest BCUT2D eigenvalue weighted by atomic mass is 32.1. The van der Waals surface area contributed by atoms with Crippen LogP contribution >= 0.6 is 11.3 Å². The summed E-state index contributed by atoms with van der Waals surface area (Å²) in [5.74, 6) is 1.92. The second-order valence-electron chi connectivity index (χ2n) is 6.66. The second-order valence-corrected chi connectivity index (χ2v) is 7.44. The van der Waals surface area contributed by atoms with Crippen molar-refractivity contribution in [3.05, 3.63) is 64.0 Å². The number of hydrogen-bond acceptors (Lipinski definition) is 5. The summed E-state index contributed by atoms with van der Waals surface area (Å²) in [6.07, 6.45) is 2.70. The Morgan fingerprint density at radius 2 is 2.31 bits per heavy atom. The minimum Gasteiger partial charge on any atom is -0.465 e. The molecule has 1 unspecified atom stereocenters. The van der Waals surface area contributed by atoms with Crippen molar-refractivity contribution in [3.63, 3.8) is 0 Å². The third-order valence-corrected chi connectivity index (χ3v) is 5.36. The molecule has 0 spiro atoms. The van der Waals surface area contributed by atoms with Crippen LogP contribution in [0.25, 0.3) is 0 Å². The molecule has 1 amide bonds. The predicted octanol–water partition coefficient (Wildman–Crippen LogP) is 3.22. The molecule has 1 N–H and O–H groups in total. The molecule has 0 saturated heterocycles. The van der Waals surface area contributed by atoms with Gasteiger partial charge < -0.3 is 9.73 Å². The molecule has 4 heterocycles. The zero-order valence-corrected chi connectivity index (χ0v) is 15.5. The molecule has 4 rings (SSSR count). The zero-order valence-electron chi connectivity index (χ0n) is 14.7. The van der Waals surface area contributed by atoms with Crippen LogP contribution in [0.15, 0.2) is 45.6 Å². The number of nitrogens with one attached hydrogen (secondary N) is 1. The fraction of sp³-hybridized carbons (Fsp3) is 0.368. The first-order chi connectivity index (χ1) is 12.7. The number of hydrogen-bond donors (Lipinski definition) is 1. The van der Waals surface area contributed by atoms with E-state index in [1.54, 1.807) is 0 Å². The van der Waals surface area contributed by atoms with Crippen molar-refractivity contribution in [2.75, 3.05) is 13.1 Å². The number of aromatic nitrogens is 2. The van der Waals surface area contributed by atoms with Crippen LogP contribution in [0.2, 0.25) is 0 Å². The quantitative estimate of drug-likeness (QED) is 0.724. The van der Waals surface area contributed by atoms with E-state index in [1.807, 2.05) is 42.1 Å². The topological polar surface area (TPSA) is 63.3 Å². The van der Waals surface area contributed by atoms with Crippen LogP contribution < -0.4 is 5.32 Å². The monoisotopic (exact) mass is 370 g/mol. The molecule has 6 nitrogen and oxygen atoms in total. The first-order valence-electron chi connectivity index (χ1n) is 8.79. The molecule has 26 heavy (non-hydrogen) atoms. The summed E-state index contributed by atoms with van der Waals surface area (Å²) in [5.41, 5.74) is 1.93. The van der Waals surface area contributed by atoms with E-state index in [4.69, 9.17) is 4.42 Å². The van der Waals surface area contributed by atoms with Crippen LogP contribution in [-0.2, 0) is 13.1 Å². The Labute approximate surface area is 156 Å². The van der Waals surface area contributed by atoms with E-state index in [0.29, 0.717) is 6.54 Å². The van der Waals surface area contributed by atoms with Gasteiger partial charge in [0.2, 0.25) is 0 Å². The van der Waals surface area contributed by atoms with Gasteiger partial charge in [0.15, 0.2) is 0 Å². The Balaban J connectivity index is 1.37. The van der Waals surface area contributed by atoms with E-state index in [0.717, 1.165) is 43.1 Å². The number of amides is 1. The molecule has 1 aliphatic rings. The normalized spacial score (nSPS) is 17.2. The number of furan rings is 1. The first kappa shape index (κ1) is 17.1. The Morgan fingerprint density at radius 3 is 3.08 bits per heavy atom. The smallest absolute Gasteiger partial charge is 0.252 e. The zero-order chi connectivity index (χ0) is 17.9. The minimum atomic E-state index is -0.00864. The molecule has 0 saturated carbocycles. The molecule has 7 heteroatoms. The number of thiophene rings is 1. The largest absolute Gasteiger partial charge is 0.465 e. The molecule has 0 aromatic carbocycles. The average molecular weight is 370 g/mol. The number of aryl methyl sites for hydroxylation is 1. The molecule has 3 aromatic rings. The van der Waals surface area contributed by atoms with Crippen LogP contribution in [0.3, 0.4) is 0 Å². The van der Waals surface area contributed by atoms with E-state index >= 15 is 0 Å². The van der Waals surface area contributed by atoms with E-state index in [2.05, 4.69) is 26.1 Å². The van der Waals surface area contributed by atoms with Crippen LogP contribution in [0.1, 0.15) is 40.0 Å². The summed E-state index contributed by atoms with van der Waals surface area (Å²) in [6.45, 7) is 5.14. The van der Waals surface area contributed by atoms with E-state index in [9.17, 15) is 4.79 Å². The van der Waals surface area contributed by atoms with Gasteiger partial charge in [0.25, 0.3) is 5.91 Å². The molecule has 0 aliphatic carbocycles. The van der Waals surface area contributed by atoms with Crippen molar-refractivity contribution in [1.29, 1.82) is 0 Å². The maximum atomic E-state index is 12.1. The van der Waals surface area contributed by atoms with Crippen molar-refractivity contribution < 1.29 is 9.21 Å². The van der Waals surface area contributed by atoms with E-state index in [-0.39, 0.29) is 11.9 Å². The second kappa shape index (κ2) is 7.47. The van der Waals surface area contributed by atoms with Crippen molar-refractivity contribution >= 4 is 17.2 Å². The van der Waals surface area contributed by atoms with E-state index in [1.165, 1.54) is 17.0 Å². The summed E-state index contributed by atoms with van der Waals surface area (Å²) >= 11 is 1.53. The molecule has 1 atom stereocenters. The fourth-order valence-electron chi connectivity index (χ4n) is 3.44. The Hall–Kier alpha value is -2.38. The van der Waals surface area contributed by atoms with Crippen molar-refractivity contribution in [3.8, 4) is 0 Å². The van der Waals surface area contributed by atoms with Gasteiger partial charge in [0, 0.05) is 36.8 Å². The van der Waals surface area contributed by atoms with Gasteiger partial charge in [-0.25, -0.2) is 0 Å². The van der Waals surface area contributed by atoms with E-state index < -0.39 is 0 Å². The molecule has 0 bridgehead atoms. The molecule has 0 fully saturated rings. The summed E-state index contributed by atoms with van der Waals surface area (Å²) < 4.78 is 7.82. The lowest BCUT2D eigenvalue weighted by molar-refractivity contribution is 0.0947. The molecule has 136 valence electrons. The van der Waals surface area contributed by atoms with Crippen LogP contribution in [0, 0.1) is 6.92 Å². The number of carbonyl (C=O) groups excluding carboxylic acids is 1. The molecular formula is C19H22N4O2S. The van der Waals surface area contributed by atoms with Gasteiger partial charge in [0.1, 0.15) is 11.5 Å². The molecular weight excluding hydrogens is 348 g/mol. The molecule has 0 radical (unpaired) electrons. The fourth-order valence-corrected chi connectivity index (χ4v) is 4.07. The summed E-state index contributed by atoms with van der Waals surface area (Å²) in [4.78, 5) is 14.5. The third-order valence-electron chi connectivity index (χ3n) is 4.67. The number of fused-ring (bicyclic) bond motifs is 1. The highest BCUT2D eigenvalue weighted by Gasteiger charge is 2.26. The Bertz CT molecular complexity index is 868. The lowest BCUT2D eigenvalue weighted by Gasteiger charge is -2.33. The molecule has 1 aliphatic heterocycles. The Kier molecular flexibility index (Phi) is 4.90. The first-order valence-corrected chi connectivity index (χ1v) is 9.74. The standard InChI is InChI=1S/C19H22N4O2S/c1-14-2-3-18(25-14)12-22-10-16(23-17(11-22)5-8-21-23)4-7-20-19(24)15-6-9-26-13-15/h2-3,5-6,8-9,13,16H,4,7,10-12H2,1H3,(H,20,24).